The molecule has 0 saturated carbocycles. The van der Waals surface area contributed by atoms with Crippen LogP contribution in [0.4, 0.5) is 0 Å². The Hall–Kier alpha value is 0.406. The first kappa shape index (κ1) is 118. The summed E-state index contributed by atoms with van der Waals surface area (Å²) in [5.74, 6) is 0. The van der Waals surface area contributed by atoms with Gasteiger partial charge in [0.15, 0.2) is 0 Å². The van der Waals surface area contributed by atoms with Crippen LogP contribution in [-0.2, 0) is 121 Å². The Labute approximate surface area is 613 Å². The van der Waals surface area contributed by atoms with E-state index in [1.54, 1.807) is 64.0 Å². The van der Waals surface area contributed by atoms with Gasteiger partial charge in [-0.25, -0.2) is 36.4 Å². The topological polar surface area (TPSA) is 83.1 Å². The Morgan fingerprint density at radius 3 is 0.456 bits per heavy atom. The van der Waals surface area contributed by atoms with Crippen molar-refractivity contribution in [3.63, 3.8) is 0 Å². The fourth-order valence-corrected chi connectivity index (χ4v) is 10.8. The molecular weight excluding hydrogens is 1710 g/mol. The fourth-order valence-electron chi connectivity index (χ4n) is 5.77. The van der Waals surface area contributed by atoms with Gasteiger partial charge in [0.25, 0.3) is 0 Å². The van der Waals surface area contributed by atoms with Crippen LogP contribution in [0.15, 0.2) is 72.8 Å². The van der Waals surface area contributed by atoms with Gasteiger partial charge in [0.1, 0.15) is 0 Å². The van der Waals surface area contributed by atoms with Crippen LogP contribution in [0.5, 0.6) is 0 Å². The summed E-state index contributed by atoms with van der Waals surface area (Å²) in [5, 5.41) is 0. The third kappa shape index (κ3) is 110. The largest absolute Gasteiger partial charge is 4.00 e. The van der Waals surface area contributed by atoms with Crippen molar-refractivity contribution in [3.8, 4) is 0 Å². The smallest absolute Gasteiger partial charge is 0.377 e. The zero-order valence-electron chi connectivity index (χ0n) is 63.4. The van der Waals surface area contributed by atoms with Gasteiger partial charge >= 0.3 is 89.6 Å². The first-order valence-electron chi connectivity index (χ1n) is 32.7. The minimum Gasteiger partial charge on any atom is -0.377 e. The molecule has 0 atom stereocenters. The van der Waals surface area contributed by atoms with E-state index in [9.17, 15) is 0 Å². The van der Waals surface area contributed by atoms with Gasteiger partial charge in [-0.3, -0.25) is 0 Å². The van der Waals surface area contributed by atoms with Crippen molar-refractivity contribution in [1.82, 2.24) is 0 Å². The molecule has 0 aromatic heterocycles. The summed E-state index contributed by atoms with van der Waals surface area (Å²) >= 11 is 0. The quantitative estimate of drug-likeness (QED) is 0.0368. The van der Waals surface area contributed by atoms with Gasteiger partial charge < -0.3 is 102 Å². The van der Waals surface area contributed by atoms with Crippen LogP contribution < -0.4 is 0 Å². The summed E-state index contributed by atoms with van der Waals surface area (Å²) in [5.41, 5.74) is 4.33. The molecule has 0 heterocycles. The molecular formula is C75H150O9Pt3Si3. The van der Waals surface area contributed by atoms with Crippen LogP contribution in [0.3, 0.4) is 0 Å². The zero-order valence-corrected chi connectivity index (χ0v) is 73.2. The Balaban J connectivity index is -0.0000000755. The van der Waals surface area contributed by atoms with Crippen molar-refractivity contribution in [1.29, 1.82) is 0 Å². The maximum Gasteiger partial charge on any atom is 4.00 e. The van der Waals surface area contributed by atoms with E-state index in [0.717, 1.165) is 56.7 Å². The third-order valence-corrected chi connectivity index (χ3v) is 18.7. The van der Waals surface area contributed by atoms with Crippen molar-refractivity contribution in [2.75, 3.05) is 64.0 Å². The van der Waals surface area contributed by atoms with Gasteiger partial charge in [-0.15, -0.1) is 0 Å². The summed E-state index contributed by atoms with van der Waals surface area (Å²) in [7, 11) is 7.38. The van der Waals surface area contributed by atoms with E-state index in [1.807, 2.05) is 72.8 Å². The zero-order chi connectivity index (χ0) is 69.6. The molecule has 0 aliphatic heterocycles. The summed E-state index contributed by atoms with van der Waals surface area (Å²) in [6.07, 6.45) is 26.2. The number of rotatable bonds is 30. The summed E-state index contributed by atoms with van der Waals surface area (Å²) in [4.78, 5) is 0. The van der Waals surface area contributed by atoms with E-state index in [-0.39, 0.29) is 79.4 Å². The van der Waals surface area contributed by atoms with E-state index < -0.39 is 26.4 Å². The second-order valence-electron chi connectivity index (χ2n) is 24.3. The maximum atomic E-state index is 5.30. The standard InChI is InChI=1S/3C9H15O3Si.3C6H13.6C5H11.3Pt/c3*1-10-13(11-2,12-3)8-9-6-4-5-7-9;3*1-3-5-6-4-2;3*1-5(2,3)4;3*1-3-5-4-2;;;/h3*4-7H,8H2,1-3H3;3*1,3-6H2,2H3;3*1H2,2-4H3;3*1,3-5H2,2H3;;;/q12*-1;3*+4. The summed E-state index contributed by atoms with van der Waals surface area (Å²) in [6.45, 7) is 65.3. The Morgan fingerprint density at radius 1 is 0.267 bits per heavy atom. The molecule has 3 aromatic rings. The molecule has 0 spiro atoms. The van der Waals surface area contributed by atoms with Crippen LogP contribution >= 0.6 is 0 Å². The summed E-state index contributed by atoms with van der Waals surface area (Å²) in [6, 6.07) is 26.4. The maximum absolute atomic E-state index is 5.30. The Morgan fingerprint density at radius 2 is 0.389 bits per heavy atom. The van der Waals surface area contributed by atoms with Gasteiger partial charge in [-0.1, -0.05) is 200 Å². The molecule has 9 nitrogen and oxygen atoms in total. The molecule has 90 heavy (non-hydrogen) atoms. The third-order valence-electron chi connectivity index (χ3n) is 10.6. The SMILES string of the molecule is CO[Si](C[c-]1cccc1)(OC)OC.CO[Si](C[c-]1cccc1)(OC)OC.CO[Si](C[c-]1cccc1)(OC)OC.[CH2-]C(C)(C)C.[CH2-]C(C)(C)C.[CH2-]C(C)(C)C.[CH2-]CCCC.[CH2-]CCCC.[CH2-]CCCC.[CH2-]CCCCC.[CH2-]CCCCC.[CH2-]CCCCC.[Pt+4].[Pt+4].[Pt+4]. The average Bonchev–Trinajstić information content (AvgIpc) is 4.05. The molecule has 0 saturated heterocycles. The van der Waals surface area contributed by atoms with Crippen LogP contribution in [0, 0.1) is 78.6 Å². The number of hydrogen-bond acceptors (Lipinski definition) is 9. The predicted octanol–water partition coefficient (Wildman–Crippen LogP) is 22.9. The van der Waals surface area contributed by atoms with E-state index in [4.69, 9.17) is 39.8 Å². The van der Waals surface area contributed by atoms with Crippen molar-refractivity contribution in [3.05, 3.63) is 152 Å². The minimum atomic E-state index is -2.42. The fraction of sp³-hybridized carbons (Fsp3) is 0.680. The molecule has 3 rings (SSSR count). The van der Waals surface area contributed by atoms with Crippen molar-refractivity contribution in [2.45, 2.75) is 257 Å². The van der Waals surface area contributed by atoms with E-state index in [1.165, 1.54) is 113 Å². The number of unbranched alkanes of at least 4 members (excludes halogenated alkanes) is 15. The van der Waals surface area contributed by atoms with Crippen molar-refractivity contribution in [2.24, 2.45) is 16.2 Å². The predicted molar refractivity (Wildman–Crippen MR) is 395 cm³/mol. The van der Waals surface area contributed by atoms with E-state index >= 15 is 0 Å². The van der Waals surface area contributed by atoms with Gasteiger partial charge in [-0.05, 0) is 18.1 Å². The van der Waals surface area contributed by atoms with Gasteiger partial charge in [0.05, 0.1) is 0 Å². The molecule has 0 amide bonds. The van der Waals surface area contributed by atoms with Gasteiger partial charge in [0, 0.05) is 64.0 Å². The van der Waals surface area contributed by atoms with Crippen molar-refractivity contribution < 1.29 is 103 Å². The van der Waals surface area contributed by atoms with E-state index in [0.29, 0.717) is 0 Å². The average molecular weight is 1870 g/mol. The van der Waals surface area contributed by atoms with Gasteiger partial charge in [0.2, 0.25) is 0 Å². The normalized spacial score (nSPS) is 10.4. The molecule has 0 unspecified atom stereocenters. The monoisotopic (exact) mass is 1860 g/mol. The van der Waals surface area contributed by atoms with Gasteiger partial charge in [-0.2, -0.15) is 108 Å². The molecule has 0 bridgehead atoms. The first-order valence-corrected chi connectivity index (χ1v) is 38.5. The molecule has 0 aliphatic carbocycles. The molecule has 546 valence electrons. The molecule has 0 radical (unpaired) electrons. The second-order valence-corrected chi connectivity index (χ2v) is 33.1. The van der Waals surface area contributed by atoms with Crippen molar-refractivity contribution >= 4 is 26.4 Å². The second kappa shape index (κ2) is 85.5. The van der Waals surface area contributed by atoms with Crippen LogP contribution in [0.1, 0.15) is 255 Å². The minimum absolute atomic E-state index is 0. The summed E-state index contributed by atoms with van der Waals surface area (Å²) < 4.78 is 47.7. The Bertz CT molecular complexity index is 1320. The number of hydrogen-bond donors (Lipinski definition) is 0. The first-order chi connectivity index (χ1) is 40.8. The molecule has 15 heteroatoms. The Kier molecular flexibility index (Phi) is 112. The van der Waals surface area contributed by atoms with Crippen LogP contribution in [-0.4, -0.2) is 90.4 Å². The van der Waals surface area contributed by atoms with E-state index in [2.05, 4.69) is 166 Å². The molecule has 3 aromatic carbocycles. The molecule has 0 aliphatic rings. The van der Waals surface area contributed by atoms with Crippen LogP contribution in [0.25, 0.3) is 0 Å². The molecule has 0 fully saturated rings. The van der Waals surface area contributed by atoms with Crippen LogP contribution in [0.2, 0.25) is 0 Å². The molecule has 0 N–H and O–H groups in total.